The lowest BCUT2D eigenvalue weighted by Gasteiger charge is -2.22. The van der Waals surface area contributed by atoms with E-state index in [1.54, 1.807) is 0 Å². The van der Waals surface area contributed by atoms with E-state index in [0.717, 1.165) is 36.6 Å². The highest BCUT2D eigenvalue weighted by Crippen LogP contribution is 2.17. The first-order chi connectivity index (χ1) is 11.3. The monoisotopic (exact) mass is 310 g/mol. The summed E-state index contributed by atoms with van der Waals surface area (Å²) in [5.74, 6) is 3.14. The number of nitrogens with zero attached hydrogens (tertiary/aromatic N) is 5. The van der Waals surface area contributed by atoms with E-state index < -0.39 is 0 Å². The molecular weight excluding hydrogens is 292 g/mol. The molecule has 2 aromatic heterocycles. The smallest absolute Gasteiger partial charge is 0.257 e. The van der Waals surface area contributed by atoms with Gasteiger partial charge in [0.15, 0.2) is 5.82 Å². The van der Waals surface area contributed by atoms with Gasteiger partial charge in [0, 0.05) is 18.0 Å². The van der Waals surface area contributed by atoms with E-state index in [4.69, 9.17) is 4.52 Å². The Morgan fingerprint density at radius 1 is 1.26 bits per heavy atom. The maximum absolute atomic E-state index is 5.32. The molecule has 0 aliphatic carbocycles. The van der Waals surface area contributed by atoms with Crippen molar-refractivity contribution in [2.75, 3.05) is 0 Å². The van der Waals surface area contributed by atoms with Crippen LogP contribution in [0.1, 0.15) is 23.9 Å². The fraction of sp³-hybridized carbons (Fsp3) is 0.375. The van der Waals surface area contributed by atoms with Gasteiger partial charge in [-0.15, -0.1) is 0 Å². The largest absolute Gasteiger partial charge is 0.334 e. The van der Waals surface area contributed by atoms with Crippen LogP contribution in [0.3, 0.4) is 0 Å². The van der Waals surface area contributed by atoms with Crippen LogP contribution in [0.15, 0.2) is 34.9 Å². The number of rotatable bonds is 4. The zero-order chi connectivity index (χ0) is 15.6. The van der Waals surface area contributed by atoms with E-state index in [1.807, 2.05) is 41.9 Å². The molecule has 3 aromatic rings. The minimum absolute atomic E-state index is 0.349. The number of hydrogen-bond acceptors (Lipinski definition) is 6. The fourth-order valence-electron chi connectivity index (χ4n) is 2.86. The van der Waals surface area contributed by atoms with E-state index in [0.29, 0.717) is 24.3 Å². The summed E-state index contributed by atoms with van der Waals surface area (Å²) < 4.78 is 7.31. The van der Waals surface area contributed by atoms with E-state index in [1.165, 1.54) is 0 Å². The molecular formula is C16H18N6O. The predicted octanol–water partition coefficient (Wildman–Crippen LogP) is 1.74. The normalized spacial score (nSPS) is 17.2. The van der Waals surface area contributed by atoms with Gasteiger partial charge in [-0.3, -0.25) is 0 Å². The van der Waals surface area contributed by atoms with Crippen LogP contribution in [0.2, 0.25) is 0 Å². The highest BCUT2D eigenvalue weighted by Gasteiger charge is 2.21. The van der Waals surface area contributed by atoms with Crippen molar-refractivity contribution in [2.24, 2.45) is 0 Å². The second-order valence-electron chi connectivity index (χ2n) is 5.76. The Labute approximate surface area is 133 Å². The van der Waals surface area contributed by atoms with Crippen LogP contribution < -0.4 is 5.32 Å². The molecule has 1 atom stereocenters. The third-order valence-corrected chi connectivity index (χ3v) is 4.00. The maximum Gasteiger partial charge on any atom is 0.257 e. The van der Waals surface area contributed by atoms with Gasteiger partial charge in [-0.25, -0.2) is 9.67 Å². The van der Waals surface area contributed by atoms with E-state index >= 15 is 0 Å². The first-order valence-electron chi connectivity index (χ1n) is 7.79. The van der Waals surface area contributed by atoms with Crippen molar-refractivity contribution < 1.29 is 4.52 Å². The second kappa shape index (κ2) is 5.92. The zero-order valence-electron chi connectivity index (χ0n) is 12.9. The van der Waals surface area contributed by atoms with Crippen molar-refractivity contribution in [1.29, 1.82) is 0 Å². The highest BCUT2D eigenvalue weighted by molar-refractivity contribution is 5.51. The van der Waals surface area contributed by atoms with Crippen LogP contribution in [-0.2, 0) is 19.5 Å². The van der Waals surface area contributed by atoms with Crippen LogP contribution >= 0.6 is 0 Å². The van der Waals surface area contributed by atoms with Crippen molar-refractivity contribution in [2.45, 2.75) is 38.9 Å². The molecule has 7 nitrogen and oxygen atoms in total. The average Bonchev–Trinajstić information content (AvgIpc) is 3.18. The van der Waals surface area contributed by atoms with Gasteiger partial charge in [0.05, 0.1) is 13.1 Å². The van der Waals surface area contributed by atoms with Gasteiger partial charge in [-0.05, 0) is 25.5 Å². The number of nitrogens with one attached hydrogen (secondary N) is 1. The molecule has 1 N–H and O–H groups in total. The van der Waals surface area contributed by atoms with Crippen molar-refractivity contribution >= 4 is 0 Å². The Bertz CT molecular complexity index is 794. The molecule has 0 saturated heterocycles. The van der Waals surface area contributed by atoms with Gasteiger partial charge >= 0.3 is 0 Å². The summed E-state index contributed by atoms with van der Waals surface area (Å²) in [4.78, 5) is 8.86. The van der Waals surface area contributed by atoms with Crippen molar-refractivity contribution in [1.82, 2.24) is 30.2 Å². The standard InChI is InChI=1S/C16H18N6O/c1-11-18-15-8-7-13(10-22(15)20-11)17-9-14-19-16(23-21-14)12-5-3-2-4-6-12/h2-6,13,17H,7-10H2,1H3. The Hall–Kier alpha value is -2.54. The Balaban J connectivity index is 1.38. The van der Waals surface area contributed by atoms with Crippen molar-refractivity contribution in [3.63, 3.8) is 0 Å². The summed E-state index contributed by atoms with van der Waals surface area (Å²) in [5, 5.41) is 11.9. The summed E-state index contributed by atoms with van der Waals surface area (Å²) in [6, 6.07) is 10.1. The van der Waals surface area contributed by atoms with Crippen LogP contribution in [0, 0.1) is 6.92 Å². The lowest BCUT2D eigenvalue weighted by atomic mass is 10.1. The summed E-state index contributed by atoms with van der Waals surface area (Å²) in [5.41, 5.74) is 0.937. The van der Waals surface area contributed by atoms with Crippen molar-refractivity contribution in [3.8, 4) is 11.5 Å². The Morgan fingerprint density at radius 3 is 3.00 bits per heavy atom. The molecule has 23 heavy (non-hydrogen) atoms. The van der Waals surface area contributed by atoms with Crippen LogP contribution in [-0.4, -0.2) is 30.9 Å². The summed E-state index contributed by atoms with van der Waals surface area (Å²) >= 11 is 0. The number of aromatic nitrogens is 5. The molecule has 1 aliphatic heterocycles. The summed E-state index contributed by atoms with van der Waals surface area (Å²) in [6.45, 7) is 3.35. The molecule has 0 radical (unpaired) electrons. The molecule has 1 aliphatic rings. The molecule has 1 unspecified atom stereocenters. The van der Waals surface area contributed by atoms with Gasteiger partial charge in [0.1, 0.15) is 11.6 Å². The average molecular weight is 310 g/mol. The lowest BCUT2D eigenvalue weighted by molar-refractivity contribution is 0.350. The van der Waals surface area contributed by atoms with Crippen molar-refractivity contribution in [3.05, 3.63) is 47.8 Å². The van der Waals surface area contributed by atoms with Crippen LogP contribution in [0.25, 0.3) is 11.5 Å². The van der Waals surface area contributed by atoms with Gasteiger partial charge in [-0.2, -0.15) is 10.1 Å². The molecule has 4 rings (SSSR count). The molecule has 0 spiro atoms. The van der Waals surface area contributed by atoms with E-state index in [9.17, 15) is 0 Å². The van der Waals surface area contributed by atoms with Crippen LogP contribution in [0.4, 0.5) is 0 Å². The first kappa shape index (κ1) is 14.1. The second-order valence-corrected chi connectivity index (χ2v) is 5.76. The quantitative estimate of drug-likeness (QED) is 0.790. The number of hydrogen-bond donors (Lipinski definition) is 1. The van der Waals surface area contributed by atoms with Gasteiger partial charge in [-0.1, -0.05) is 23.4 Å². The molecule has 0 saturated carbocycles. The molecule has 118 valence electrons. The predicted molar refractivity (Wildman–Crippen MR) is 83.4 cm³/mol. The fourth-order valence-corrected chi connectivity index (χ4v) is 2.86. The zero-order valence-corrected chi connectivity index (χ0v) is 12.9. The summed E-state index contributed by atoms with van der Waals surface area (Å²) in [7, 11) is 0. The minimum atomic E-state index is 0.349. The number of benzene rings is 1. The third-order valence-electron chi connectivity index (χ3n) is 4.00. The van der Waals surface area contributed by atoms with E-state index in [-0.39, 0.29) is 0 Å². The third kappa shape index (κ3) is 3.00. The maximum atomic E-state index is 5.32. The molecule has 1 aromatic carbocycles. The van der Waals surface area contributed by atoms with Gasteiger partial charge in [0.2, 0.25) is 0 Å². The number of fused-ring (bicyclic) bond motifs is 1. The highest BCUT2D eigenvalue weighted by atomic mass is 16.5. The summed E-state index contributed by atoms with van der Waals surface area (Å²) in [6.07, 6.45) is 1.99. The topological polar surface area (TPSA) is 81.7 Å². The first-order valence-corrected chi connectivity index (χ1v) is 7.79. The Kier molecular flexibility index (Phi) is 3.63. The minimum Gasteiger partial charge on any atom is -0.334 e. The molecule has 0 amide bonds. The van der Waals surface area contributed by atoms with Gasteiger partial charge < -0.3 is 9.84 Å². The lowest BCUT2D eigenvalue weighted by Crippen LogP contribution is -2.37. The van der Waals surface area contributed by atoms with E-state index in [2.05, 4.69) is 25.5 Å². The molecule has 0 bridgehead atoms. The molecule has 7 heteroatoms. The van der Waals surface area contributed by atoms with Gasteiger partial charge in [0.25, 0.3) is 5.89 Å². The SMILES string of the molecule is Cc1nc2n(n1)CC(NCc1noc(-c3ccccc3)n1)CC2. The number of aryl methyl sites for hydroxylation is 2. The Morgan fingerprint density at radius 2 is 2.13 bits per heavy atom. The van der Waals surface area contributed by atoms with Crippen LogP contribution in [0.5, 0.6) is 0 Å². The molecule has 3 heterocycles. The molecule has 0 fully saturated rings.